The molecule has 2 aliphatic heterocycles. The number of anilines is 3. The molecule has 1 aromatic heterocycles. The number of halogens is 3. The Hall–Kier alpha value is -3.33. The molecule has 3 heterocycles. The van der Waals surface area contributed by atoms with Gasteiger partial charge < -0.3 is 20.3 Å². The first-order valence-corrected chi connectivity index (χ1v) is 11.3. The molecule has 0 fully saturated rings. The Kier molecular flexibility index (Phi) is 5.59. The highest BCUT2D eigenvalue weighted by Gasteiger charge is 2.38. The quantitative estimate of drug-likeness (QED) is 0.554. The first kappa shape index (κ1) is 22.5. The predicted octanol–water partition coefficient (Wildman–Crippen LogP) is 5.10. The minimum atomic E-state index is -2.04. The van der Waals surface area contributed by atoms with Crippen molar-refractivity contribution in [3.63, 3.8) is 0 Å². The lowest BCUT2D eigenvalue weighted by molar-refractivity contribution is -0.0475. The van der Waals surface area contributed by atoms with Gasteiger partial charge in [0.2, 0.25) is 5.95 Å². The van der Waals surface area contributed by atoms with Gasteiger partial charge in [-0.3, -0.25) is 0 Å². The van der Waals surface area contributed by atoms with Gasteiger partial charge in [0, 0.05) is 30.8 Å². The van der Waals surface area contributed by atoms with Gasteiger partial charge in [-0.2, -0.15) is 4.39 Å². The van der Waals surface area contributed by atoms with E-state index >= 15 is 4.39 Å². The Morgan fingerprint density at radius 1 is 1.15 bits per heavy atom. The summed E-state index contributed by atoms with van der Waals surface area (Å²) in [5.74, 6) is -3.51. The molecule has 2 aromatic carbocycles. The summed E-state index contributed by atoms with van der Waals surface area (Å²) in [7, 11) is 0. The summed E-state index contributed by atoms with van der Waals surface area (Å²) in [6.07, 6.45) is 1.97. The molecule has 34 heavy (non-hydrogen) atoms. The summed E-state index contributed by atoms with van der Waals surface area (Å²) < 4.78 is 49.8. The van der Waals surface area contributed by atoms with Crippen LogP contribution in [0.15, 0.2) is 36.5 Å². The minimum absolute atomic E-state index is 0.0568. The lowest BCUT2D eigenvalue weighted by Gasteiger charge is -2.40. The molecule has 6 nitrogen and oxygen atoms in total. The Bertz CT molecular complexity index is 1250. The van der Waals surface area contributed by atoms with Crippen molar-refractivity contribution in [3.05, 3.63) is 59.3 Å². The van der Waals surface area contributed by atoms with Gasteiger partial charge >= 0.3 is 0 Å². The summed E-state index contributed by atoms with van der Waals surface area (Å²) >= 11 is 0. The van der Waals surface area contributed by atoms with Crippen LogP contribution in [0.2, 0.25) is 0 Å². The van der Waals surface area contributed by atoms with E-state index in [0.29, 0.717) is 5.69 Å². The summed E-state index contributed by atoms with van der Waals surface area (Å²) in [4.78, 5) is 10.1. The van der Waals surface area contributed by atoms with Gasteiger partial charge in [0.05, 0.1) is 18.4 Å². The van der Waals surface area contributed by atoms with Crippen LogP contribution in [0.1, 0.15) is 31.9 Å². The van der Waals surface area contributed by atoms with Crippen LogP contribution in [0.5, 0.6) is 5.75 Å². The molecule has 1 atom stereocenters. The van der Waals surface area contributed by atoms with Gasteiger partial charge in [-0.05, 0) is 62.2 Å². The van der Waals surface area contributed by atoms with Crippen LogP contribution in [-0.4, -0.2) is 35.0 Å². The van der Waals surface area contributed by atoms with Crippen LogP contribution >= 0.6 is 0 Å². The summed E-state index contributed by atoms with van der Waals surface area (Å²) in [6.45, 7) is 6.67. The minimum Gasteiger partial charge on any atom is -0.451 e. The highest BCUT2D eigenvalue weighted by molar-refractivity contribution is 5.73. The van der Waals surface area contributed by atoms with E-state index in [0.717, 1.165) is 37.5 Å². The molecule has 178 valence electrons. The number of nitrogens with zero attached hydrogens (tertiary/aromatic N) is 3. The maximum atomic E-state index is 15.0. The third kappa shape index (κ3) is 4.27. The SMILES string of the molecule is CC(C)N1CC(C)(F)Oc2c(F)cc(-c3nc(Nc4ccc5c(c4)CCNC5)ncc3F)cc21. The van der Waals surface area contributed by atoms with E-state index in [1.54, 1.807) is 11.0 Å². The average Bonchev–Trinajstić information content (AvgIpc) is 2.80. The van der Waals surface area contributed by atoms with Gasteiger partial charge in [0.1, 0.15) is 5.69 Å². The molecule has 0 amide bonds. The number of hydrogen-bond acceptors (Lipinski definition) is 6. The summed E-state index contributed by atoms with van der Waals surface area (Å²) in [5, 5.41) is 6.45. The van der Waals surface area contributed by atoms with E-state index in [2.05, 4.69) is 20.6 Å². The van der Waals surface area contributed by atoms with Crippen LogP contribution in [0.4, 0.5) is 30.5 Å². The molecule has 0 bridgehead atoms. The molecular formula is C25H26F3N5O. The van der Waals surface area contributed by atoms with Crippen molar-refractivity contribution in [3.8, 4) is 17.0 Å². The third-order valence-corrected chi connectivity index (χ3v) is 6.09. The number of benzene rings is 2. The number of ether oxygens (including phenoxy) is 1. The van der Waals surface area contributed by atoms with Crippen molar-refractivity contribution in [2.75, 3.05) is 23.3 Å². The fourth-order valence-corrected chi connectivity index (χ4v) is 4.44. The molecule has 2 N–H and O–H groups in total. The van der Waals surface area contributed by atoms with E-state index < -0.39 is 17.5 Å². The standard InChI is InChI=1S/C25H26F3N5O/c1-14(2)33-13-25(3,28)34-23-19(26)9-17(10-21(23)33)22-20(27)12-30-24(32-22)31-18-5-4-16-11-29-7-6-15(16)8-18/h4-5,8-10,12,14,29H,6-7,11,13H2,1-3H3,(H,30,31,32). The largest absolute Gasteiger partial charge is 0.451 e. The lowest BCUT2D eigenvalue weighted by atomic mass is 10.0. The van der Waals surface area contributed by atoms with E-state index in [4.69, 9.17) is 4.74 Å². The maximum absolute atomic E-state index is 15.0. The Morgan fingerprint density at radius 2 is 1.97 bits per heavy atom. The Morgan fingerprint density at radius 3 is 2.76 bits per heavy atom. The normalized spacial score (nSPS) is 19.4. The van der Waals surface area contributed by atoms with Crippen LogP contribution in [-0.2, 0) is 13.0 Å². The zero-order valence-corrected chi connectivity index (χ0v) is 19.3. The van der Waals surface area contributed by atoms with Crippen molar-refractivity contribution < 1.29 is 17.9 Å². The number of rotatable bonds is 4. The number of nitrogens with one attached hydrogen (secondary N) is 2. The second-order valence-electron chi connectivity index (χ2n) is 9.16. The van der Waals surface area contributed by atoms with Gasteiger partial charge in [0.15, 0.2) is 17.4 Å². The number of alkyl halides is 1. The Labute approximate surface area is 196 Å². The van der Waals surface area contributed by atoms with E-state index in [-0.39, 0.29) is 35.5 Å². The fraction of sp³-hybridized carbons (Fsp3) is 0.360. The van der Waals surface area contributed by atoms with Gasteiger partial charge in [-0.15, -0.1) is 0 Å². The smallest absolute Gasteiger partial charge is 0.263 e. The van der Waals surface area contributed by atoms with Crippen LogP contribution in [0, 0.1) is 11.6 Å². The number of aromatic nitrogens is 2. The molecule has 3 aromatic rings. The molecule has 0 saturated carbocycles. The summed E-state index contributed by atoms with van der Waals surface area (Å²) in [6, 6.07) is 8.55. The monoisotopic (exact) mass is 469 g/mol. The van der Waals surface area contributed by atoms with Crippen LogP contribution in [0.25, 0.3) is 11.3 Å². The zero-order valence-electron chi connectivity index (χ0n) is 19.3. The molecule has 2 aliphatic rings. The zero-order chi connectivity index (χ0) is 24.0. The van der Waals surface area contributed by atoms with E-state index in [1.807, 2.05) is 32.0 Å². The van der Waals surface area contributed by atoms with Gasteiger partial charge in [0.25, 0.3) is 5.85 Å². The van der Waals surface area contributed by atoms with Crippen LogP contribution < -0.4 is 20.3 Å². The molecule has 1 unspecified atom stereocenters. The second kappa shape index (κ2) is 8.47. The Balaban J connectivity index is 1.51. The first-order valence-electron chi connectivity index (χ1n) is 11.3. The van der Waals surface area contributed by atoms with E-state index in [9.17, 15) is 8.78 Å². The third-order valence-electron chi connectivity index (χ3n) is 6.09. The molecule has 0 spiro atoms. The molecule has 9 heteroatoms. The van der Waals surface area contributed by atoms with Crippen molar-refractivity contribution >= 4 is 17.3 Å². The van der Waals surface area contributed by atoms with Crippen molar-refractivity contribution in [1.82, 2.24) is 15.3 Å². The molecule has 0 radical (unpaired) electrons. The van der Waals surface area contributed by atoms with Gasteiger partial charge in [-0.1, -0.05) is 6.07 Å². The second-order valence-corrected chi connectivity index (χ2v) is 9.16. The summed E-state index contributed by atoms with van der Waals surface area (Å²) in [5.41, 5.74) is 3.78. The molecule has 0 aliphatic carbocycles. The van der Waals surface area contributed by atoms with Crippen LogP contribution in [0.3, 0.4) is 0 Å². The molecule has 0 saturated heterocycles. The highest BCUT2D eigenvalue weighted by atomic mass is 19.2. The molecule has 5 rings (SSSR count). The van der Waals surface area contributed by atoms with Crippen molar-refractivity contribution in [2.24, 2.45) is 0 Å². The van der Waals surface area contributed by atoms with Crippen molar-refractivity contribution in [2.45, 2.75) is 45.6 Å². The van der Waals surface area contributed by atoms with Gasteiger partial charge in [-0.25, -0.2) is 18.7 Å². The number of hydrogen-bond donors (Lipinski definition) is 2. The first-order chi connectivity index (χ1) is 16.2. The average molecular weight is 470 g/mol. The van der Waals surface area contributed by atoms with Crippen molar-refractivity contribution in [1.29, 1.82) is 0 Å². The van der Waals surface area contributed by atoms with E-state index in [1.165, 1.54) is 18.1 Å². The number of fused-ring (bicyclic) bond motifs is 2. The predicted molar refractivity (Wildman–Crippen MR) is 125 cm³/mol. The lowest BCUT2D eigenvalue weighted by Crippen LogP contribution is -2.49. The fourth-order valence-electron chi connectivity index (χ4n) is 4.44. The maximum Gasteiger partial charge on any atom is 0.263 e. The topological polar surface area (TPSA) is 62.3 Å². The molecular weight excluding hydrogens is 443 g/mol. The highest BCUT2D eigenvalue weighted by Crippen LogP contribution is 2.43.